The molecule has 1 aliphatic heterocycles. The van der Waals surface area contributed by atoms with Crippen LogP contribution >= 0.6 is 0 Å². The molecule has 1 atom stereocenters. The zero-order chi connectivity index (χ0) is 25.2. The van der Waals surface area contributed by atoms with Crippen LogP contribution in [0.2, 0.25) is 0 Å². The molecule has 2 nitrogen and oxygen atoms in total. The second kappa shape index (κ2) is 25.0. The maximum absolute atomic E-state index is 2.69. The summed E-state index contributed by atoms with van der Waals surface area (Å²) in [5.74, 6) is 0. The van der Waals surface area contributed by atoms with E-state index in [4.69, 9.17) is 0 Å². The highest BCUT2D eigenvalue weighted by Crippen LogP contribution is 2.24. The summed E-state index contributed by atoms with van der Waals surface area (Å²) in [6.07, 6.45) is 41.0. The Labute approximate surface area is 222 Å². The minimum atomic E-state index is 0.643. The van der Waals surface area contributed by atoms with E-state index in [1.165, 1.54) is 174 Å². The Hall–Kier alpha value is -0.660. The first-order chi connectivity index (χ1) is 17.3. The van der Waals surface area contributed by atoms with Gasteiger partial charge in [0.05, 0.1) is 0 Å². The van der Waals surface area contributed by atoms with E-state index in [0.29, 0.717) is 6.17 Å². The molecule has 1 heterocycles. The van der Waals surface area contributed by atoms with E-state index in [1.54, 1.807) is 0 Å². The molecule has 208 valence electrons. The van der Waals surface area contributed by atoms with Gasteiger partial charge < -0.3 is 9.80 Å². The van der Waals surface area contributed by atoms with Gasteiger partial charge in [0.2, 0.25) is 0 Å². The summed E-state index contributed by atoms with van der Waals surface area (Å²) in [5.41, 5.74) is 0. The lowest BCUT2D eigenvalue weighted by Gasteiger charge is -2.33. The molecule has 0 fully saturated rings. The van der Waals surface area contributed by atoms with Crippen molar-refractivity contribution in [1.29, 1.82) is 0 Å². The minimum Gasteiger partial charge on any atom is -0.356 e. The lowest BCUT2D eigenvalue weighted by Crippen LogP contribution is -2.39. The van der Waals surface area contributed by atoms with E-state index >= 15 is 0 Å². The first-order valence-electron chi connectivity index (χ1n) is 16.5. The molecule has 1 aliphatic rings. The molecule has 0 amide bonds. The van der Waals surface area contributed by atoms with Gasteiger partial charge in [0.25, 0.3) is 0 Å². The van der Waals surface area contributed by atoms with Crippen molar-refractivity contribution in [2.45, 2.75) is 187 Å². The van der Waals surface area contributed by atoms with Crippen LogP contribution in [0, 0.1) is 0 Å². The van der Waals surface area contributed by atoms with E-state index in [9.17, 15) is 0 Å². The molecule has 35 heavy (non-hydrogen) atoms. The summed E-state index contributed by atoms with van der Waals surface area (Å²) < 4.78 is 0. The van der Waals surface area contributed by atoms with E-state index in [0.717, 1.165) is 0 Å². The molecule has 0 aromatic rings. The summed E-state index contributed by atoms with van der Waals surface area (Å²) in [7, 11) is 0. The molecule has 1 unspecified atom stereocenters. The SMILES string of the molecule is CCCCCCCCCCCCCCCN1C=CN(CCCCCCCC)C1CCCCCCC. The van der Waals surface area contributed by atoms with Crippen LogP contribution in [0.4, 0.5) is 0 Å². The van der Waals surface area contributed by atoms with Crippen molar-refractivity contribution >= 4 is 0 Å². The molecule has 0 N–H and O–H groups in total. The quantitative estimate of drug-likeness (QED) is 0.106. The van der Waals surface area contributed by atoms with Crippen molar-refractivity contribution in [1.82, 2.24) is 9.80 Å². The molecule has 0 bridgehead atoms. The van der Waals surface area contributed by atoms with Crippen LogP contribution in [0.5, 0.6) is 0 Å². The smallest absolute Gasteiger partial charge is 0.101 e. The molecule has 0 aromatic heterocycles. The Morgan fingerprint density at radius 3 is 1.00 bits per heavy atom. The van der Waals surface area contributed by atoms with Crippen molar-refractivity contribution in [3.8, 4) is 0 Å². The molecule has 0 aromatic carbocycles. The van der Waals surface area contributed by atoms with Crippen LogP contribution in [-0.2, 0) is 0 Å². The molecular weight excluding hydrogens is 424 g/mol. The number of rotatable bonds is 27. The Morgan fingerprint density at radius 1 is 0.371 bits per heavy atom. The standard InChI is InChI=1S/C33H66N2/c1-4-7-10-13-15-16-17-18-19-20-21-24-27-30-35-32-31-34(29-26-23-14-11-8-5-2)33(35)28-25-22-12-9-6-3/h31-33H,4-30H2,1-3H3. The summed E-state index contributed by atoms with van der Waals surface area (Å²) >= 11 is 0. The summed E-state index contributed by atoms with van der Waals surface area (Å²) in [4.78, 5) is 5.37. The van der Waals surface area contributed by atoms with Crippen molar-refractivity contribution in [2.75, 3.05) is 13.1 Å². The fourth-order valence-corrected chi connectivity index (χ4v) is 5.66. The molecule has 0 spiro atoms. The lowest BCUT2D eigenvalue weighted by molar-refractivity contribution is 0.135. The van der Waals surface area contributed by atoms with E-state index in [2.05, 4.69) is 43.0 Å². The van der Waals surface area contributed by atoms with Crippen LogP contribution in [0.3, 0.4) is 0 Å². The van der Waals surface area contributed by atoms with Gasteiger partial charge in [-0.25, -0.2) is 0 Å². The van der Waals surface area contributed by atoms with E-state index in [-0.39, 0.29) is 0 Å². The first kappa shape index (κ1) is 32.4. The molecule has 0 saturated carbocycles. The molecule has 1 rings (SSSR count). The Bertz CT molecular complexity index is 446. The van der Waals surface area contributed by atoms with Gasteiger partial charge >= 0.3 is 0 Å². The van der Waals surface area contributed by atoms with Crippen molar-refractivity contribution < 1.29 is 0 Å². The third-order valence-electron chi connectivity index (χ3n) is 8.07. The highest BCUT2D eigenvalue weighted by Gasteiger charge is 2.24. The van der Waals surface area contributed by atoms with Gasteiger partial charge in [-0.15, -0.1) is 0 Å². The Balaban J connectivity index is 2.15. The van der Waals surface area contributed by atoms with Crippen LogP contribution < -0.4 is 0 Å². The van der Waals surface area contributed by atoms with Gasteiger partial charge in [-0.05, 0) is 25.7 Å². The summed E-state index contributed by atoms with van der Waals surface area (Å²) in [6, 6.07) is 0. The largest absolute Gasteiger partial charge is 0.356 e. The molecular formula is C33H66N2. The van der Waals surface area contributed by atoms with Gasteiger partial charge in [-0.1, -0.05) is 156 Å². The zero-order valence-electron chi connectivity index (χ0n) is 24.7. The maximum atomic E-state index is 2.69. The van der Waals surface area contributed by atoms with Crippen LogP contribution in [0.15, 0.2) is 12.4 Å². The zero-order valence-corrected chi connectivity index (χ0v) is 24.7. The monoisotopic (exact) mass is 491 g/mol. The van der Waals surface area contributed by atoms with Crippen LogP contribution in [0.25, 0.3) is 0 Å². The van der Waals surface area contributed by atoms with Gasteiger partial charge in [0, 0.05) is 25.5 Å². The second-order valence-electron chi connectivity index (χ2n) is 11.5. The highest BCUT2D eigenvalue weighted by molar-refractivity contribution is 4.97. The predicted molar refractivity (Wildman–Crippen MR) is 159 cm³/mol. The fourth-order valence-electron chi connectivity index (χ4n) is 5.66. The second-order valence-corrected chi connectivity index (χ2v) is 11.5. The van der Waals surface area contributed by atoms with Crippen molar-refractivity contribution in [2.24, 2.45) is 0 Å². The summed E-state index contributed by atoms with van der Waals surface area (Å²) in [6.45, 7) is 9.46. The highest BCUT2D eigenvalue weighted by atomic mass is 15.4. The topological polar surface area (TPSA) is 6.48 Å². The van der Waals surface area contributed by atoms with Gasteiger partial charge in [-0.2, -0.15) is 0 Å². The number of nitrogens with zero attached hydrogens (tertiary/aromatic N) is 2. The first-order valence-corrected chi connectivity index (χ1v) is 16.5. The van der Waals surface area contributed by atoms with Crippen molar-refractivity contribution in [3.63, 3.8) is 0 Å². The maximum Gasteiger partial charge on any atom is 0.101 e. The third kappa shape index (κ3) is 18.3. The third-order valence-corrected chi connectivity index (χ3v) is 8.07. The summed E-state index contributed by atoms with van der Waals surface area (Å²) in [5, 5.41) is 0. The number of hydrogen-bond acceptors (Lipinski definition) is 2. The molecule has 0 radical (unpaired) electrons. The predicted octanol–water partition coefficient (Wildman–Crippen LogP) is 11.2. The lowest BCUT2D eigenvalue weighted by atomic mass is 10.0. The van der Waals surface area contributed by atoms with Crippen molar-refractivity contribution in [3.05, 3.63) is 12.4 Å². The molecule has 2 heteroatoms. The van der Waals surface area contributed by atoms with E-state index in [1.807, 2.05) is 0 Å². The fraction of sp³-hybridized carbons (Fsp3) is 0.939. The molecule has 0 aliphatic carbocycles. The average Bonchev–Trinajstić information content (AvgIpc) is 3.25. The van der Waals surface area contributed by atoms with Gasteiger partial charge in [-0.3, -0.25) is 0 Å². The van der Waals surface area contributed by atoms with Crippen LogP contribution in [-0.4, -0.2) is 29.1 Å². The number of hydrogen-bond donors (Lipinski definition) is 0. The Morgan fingerprint density at radius 2 is 0.657 bits per heavy atom. The van der Waals surface area contributed by atoms with Gasteiger partial charge in [0.15, 0.2) is 0 Å². The average molecular weight is 491 g/mol. The van der Waals surface area contributed by atoms with E-state index < -0.39 is 0 Å². The van der Waals surface area contributed by atoms with Gasteiger partial charge in [0.1, 0.15) is 6.17 Å². The van der Waals surface area contributed by atoms with Crippen LogP contribution in [0.1, 0.15) is 181 Å². The normalized spacial score (nSPS) is 15.6. The number of unbranched alkanes of at least 4 members (excludes halogenated alkanes) is 21. The molecule has 0 saturated heterocycles. The Kier molecular flexibility index (Phi) is 23.1. The minimum absolute atomic E-state index is 0.643.